The highest BCUT2D eigenvalue weighted by molar-refractivity contribution is 6.30. The Hall–Kier alpha value is -2.50. The predicted molar refractivity (Wildman–Crippen MR) is 122 cm³/mol. The second kappa shape index (κ2) is 9.75. The highest BCUT2D eigenvalue weighted by Crippen LogP contribution is 2.39. The fraction of sp³-hybridized carbons (Fsp3) is 0.360. The summed E-state index contributed by atoms with van der Waals surface area (Å²) in [6.45, 7) is 0. The molecule has 31 heavy (non-hydrogen) atoms. The Morgan fingerprint density at radius 2 is 1.84 bits per heavy atom. The molecule has 3 aromatic rings. The summed E-state index contributed by atoms with van der Waals surface area (Å²) in [5.41, 5.74) is 2.02. The maximum atomic E-state index is 13.3. The van der Waals surface area contributed by atoms with Gasteiger partial charge in [-0.1, -0.05) is 47.1 Å². The Morgan fingerprint density at radius 1 is 1.10 bits per heavy atom. The molecule has 1 aliphatic rings. The van der Waals surface area contributed by atoms with Crippen LogP contribution in [0.5, 0.6) is 0 Å². The summed E-state index contributed by atoms with van der Waals surface area (Å²) in [6.07, 6.45) is 8.60. The van der Waals surface area contributed by atoms with Crippen molar-refractivity contribution in [2.24, 2.45) is 11.8 Å². The van der Waals surface area contributed by atoms with Crippen molar-refractivity contribution in [2.75, 3.05) is 14.1 Å². The third-order valence-electron chi connectivity index (χ3n) is 6.07. The zero-order valence-electron chi connectivity index (χ0n) is 17.8. The van der Waals surface area contributed by atoms with Gasteiger partial charge in [-0.2, -0.15) is 4.98 Å². The predicted octanol–water partition coefficient (Wildman–Crippen LogP) is 6.65. The van der Waals surface area contributed by atoms with E-state index < -0.39 is 0 Å². The summed E-state index contributed by atoms with van der Waals surface area (Å²) in [6, 6.07) is 14.7. The molecule has 0 aliphatic heterocycles. The molecule has 0 bridgehead atoms. The minimum Gasteiger partial charge on any atom is -0.334 e. The smallest absolute Gasteiger partial charge is 0.250 e. The van der Waals surface area contributed by atoms with E-state index in [0.29, 0.717) is 34.6 Å². The molecule has 0 saturated heterocycles. The number of nitrogens with zero attached hydrogens (tertiary/aromatic N) is 3. The van der Waals surface area contributed by atoms with E-state index in [0.717, 1.165) is 31.2 Å². The zero-order valence-corrected chi connectivity index (χ0v) is 18.6. The molecule has 0 spiro atoms. The molecule has 0 N–H and O–H groups in total. The van der Waals surface area contributed by atoms with Crippen LogP contribution in [0.4, 0.5) is 4.39 Å². The molecule has 1 aromatic heterocycles. The highest BCUT2D eigenvalue weighted by atomic mass is 35.5. The second-order valence-electron chi connectivity index (χ2n) is 8.46. The molecular weight excluding hydrogens is 413 g/mol. The number of benzene rings is 2. The van der Waals surface area contributed by atoms with Gasteiger partial charge in [0.15, 0.2) is 0 Å². The number of halogens is 2. The molecular formula is C25H27ClFN3O. The van der Waals surface area contributed by atoms with Crippen molar-refractivity contribution in [1.29, 1.82) is 0 Å². The number of hydrogen-bond donors (Lipinski definition) is 0. The van der Waals surface area contributed by atoms with Gasteiger partial charge in [0.1, 0.15) is 5.82 Å². The minimum atomic E-state index is -0.186. The molecule has 4 rings (SSSR count). The Morgan fingerprint density at radius 3 is 2.52 bits per heavy atom. The summed E-state index contributed by atoms with van der Waals surface area (Å²) in [5, 5.41) is 4.70. The van der Waals surface area contributed by atoms with Gasteiger partial charge in [-0.05, 0) is 87.5 Å². The monoisotopic (exact) mass is 439 g/mol. The lowest BCUT2D eigenvalue weighted by molar-refractivity contribution is 0.159. The number of allylic oxidation sites excluding steroid dienone is 1. The number of hydrogen-bond acceptors (Lipinski definition) is 4. The van der Waals surface area contributed by atoms with Crippen molar-refractivity contribution in [3.8, 4) is 11.4 Å². The minimum absolute atomic E-state index is 0.186. The van der Waals surface area contributed by atoms with Crippen LogP contribution in [0, 0.1) is 17.7 Å². The van der Waals surface area contributed by atoms with Crippen LogP contribution in [0.15, 0.2) is 59.1 Å². The average molecular weight is 440 g/mol. The van der Waals surface area contributed by atoms with Crippen LogP contribution >= 0.6 is 11.6 Å². The lowest BCUT2D eigenvalue weighted by atomic mass is 9.76. The van der Waals surface area contributed by atoms with Crippen molar-refractivity contribution >= 4 is 17.7 Å². The molecule has 1 fully saturated rings. The first-order valence-electron chi connectivity index (χ1n) is 10.7. The van der Waals surface area contributed by atoms with Gasteiger partial charge < -0.3 is 9.42 Å². The van der Waals surface area contributed by atoms with Gasteiger partial charge in [0.05, 0.1) is 0 Å². The normalized spacial score (nSPS) is 20.4. The van der Waals surface area contributed by atoms with Crippen LogP contribution < -0.4 is 0 Å². The van der Waals surface area contributed by atoms with Gasteiger partial charge in [0.2, 0.25) is 5.82 Å². The van der Waals surface area contributed by atoms with Crippen LogP contribution in [0.2, 0.25) is 5.02 Å². The second-order valence-corrected chi connectivity index (χ2v) is 8.90. The van der Waals surface area contributed by atoms with Gasteiger partial charge in [0.25, 0.3) is 5.89 Å². The Balaban J connectivity index is 1.36. The first-order chi connectivity index (χ1) is 15.0. The van der Waals surface area contributed by atoms with Gasteiger partial charge in [0, 0.05) is 16.6 Å². The fourth-order valence-electron chi connectivity index (χ4n) is 4.57. The molecule has 1 aliphatic carbocycles. The summed E-state index contributed by atoms with van der Waals surface area (Å²) < 4.78 is 18.7. The maximum absolute atomic E-state index is 13.3. The van der Waals surface area contributed by atoms with Crippen molar-refractivity contribution in [3.63, 3.8) is 0 Å². The first kappa shape index (κ1) is 21.7. The molecule has 0 radical (unpaired) electrons. The van der Waals surface area contributed by atoms with Crippen molar-refractivity contribution in [1.82, 2.24) is 15.0 Å². The molecule has 1 saturated carbocycles. The van der Waals surface area contributed by atoms with E-state index in [1.807, 2.05) is 42.5 Å². The molecule has 1 heterocycles. The van der Waals surface area contributed by atoms with Crippen molar-refractivity contribution < 1.29 is 8.91 Å². The zero-order chi connectivity index (χ0) is 21.8. The fourth-order valence-corrected chi connectivity index (χ4v) is 4.76. The number of rotatable bonds is 6. The largest absolute Gasteiger partial charge is 0.334 e. The Kier molecular flexibility index (Phi) is 6.83. The van der Waals surface area contributed by atoms with E-state index in [2.05, 4.69) is 35.2 Å². The van der Waals surface area contributed by atoms with Crippen LogP contribution in [0.25, 0.3) is 17.5 Å². The lowest BCUT2D eigenvalue weighted by Gasteiger charge is -2.37. The molecule has 1 unspecified atom stereocenters. The summed E-state index contributed by atoms with van der Waals surface area (Å²) >= 11 is 6.04. The summed E-state index contributed by atoms with van der Waals surface area (Å²) in [4.78, 5) is 6.71. The van der Waals surface area contributed by atoms with E-state index in [-0.39, 0.29) is 5.82 Å². The third-order valence-corrected chi connectivity index (χ3v) is 6.30. The summed E-state index contributed by atoms with van der Waals surface area (Å²) in [7, 11) is 4.21. The Labute approximate surface area is 187 Å². The van der Waals surface area contributed by atoms with E-state index in [1.54, 1.807) is 12.1 Å². The van der Waals surface area contributed by atoms with Gasteiger partial charge in [-0.25, -0.2) is 4.39 Å². The Bertz CT molecular complexity index is 1020. The standard InChI is InChI=1S/C25H27ClFN3O/c1-30(2)24(19-11-13-22(27)14-12-19)18-9-6-17(7-10-18)8-15-23-28-25(29-31-23)20-4-3-5-21(26)16-20/h3-5,8,11-18,24H,6-7,9-10H2,1-2H3. The maximum Gasteiger partial charge on any atom is 0.250 e. The van der Waals surface area contributed by atoms with Crippen LogP contribution in [-0.2, 0) is 0 Å². The van der Waals surface area contributed by atoms with Gasteiger partial charge >= 0.3 is 0 Å². The molecule has 2 aromatic carbocycles. The summed E-state index contributed by atoms with van der Waals surface area (Å²) in [5.74, 6) is 1.92. The molecule has 0 amide bonds. The first-order valence-corrected chi connectivity index (χ1v) is 11.1. The van der Waals surface area contributed by atoms with E-state index in [4.69, 9.17) is 16.1 Å². The molecule has 162 valence electrons. The lowest BCUT2D eigenvalue weighted by Crippen LogP contribution is -2.30. The highest BCUT2D eigenvalue weighted by Gasteiger charge is 2.29. The topological polar surface area (TPSA) is 42.2 Å². The van der Waals surface area contributed by atoms with E-state index in [9.17, 15) is 4.39 Å². The molecule has 4 nitrogen and oxygen atoms in total. The third kappa shape index (κ3) is 5.41. The van der Waals surface area contributed by atoms with Crippen molar-refractivity contribution in [3.05, 3.63) is 76.9 Å². The molecule has 1 atom stereocenters. The van der Waals surface area contributed by atoms with Gasteiger partial charge in [-0.15, -0.1) is 0 Å². The quantitative estimate of drug-likeness (QED) is 0.431. The van der Waals surface area contributed by atoms with Crippen molar-refractivity contribution in [2.45, 2.75) is 31.7 Å². The van der Waals surface area contributed by atoms with Crippen LogP contribution in [0.3, 0.4) is 0 Å². The van der Waals surface area contributed by atoms with Crippen LogP contribution in [0.1, 0.15) is 43.2 Å². The van der Waals surface area contributed by atoms with E-state index >= 15 is 0 Å². The van der Waals surface area contributed by atoms with Crippen LogP contribution in [-0.4, -0.2) is 29.1 Å². The molecule has 6 heteroatoms. The average Bonchev–Trinajstić information content (AvgIpc) is 3.24. The SMILES string of the molecule is CN(C)C(c1ccc(F)cc1)C1CCC(C=Cc2nc(-c3cccc(Cl)c3)no2)CC1. The number of aromatic nitrogens is 2. The van der Waals surface area contributed by atoms with Gasteiger partial charge in [-0.3, -0.25) is 0 Å². The van der Waals surface area contributed by atoms with E-state index in [1.165, 1.54) is 5.56 Å².